The predicted octanol–water partition coefficient (Wildman–Crippen LogP) is 1.93. The van der Waals surface area contributed by atoms with E-state index >= 15 is 0 Å². The summed E-state index contributed by atoms with van der Waals surface area (Å²) in [5.74, 6) is 0.948. The summed E-state index contributed by atoms with van der Waals surface area (Å²) >= 11 is 0. The van der Waals surface area contributed by atoms with Gasteiger partial charge in [-0.05, 0) is 12.1 Å². The van der Waals surface area contributed by atoms with E-state index in [9.17, 15) is 0 Å². The van der Waals surface area contributed by atoms with Crippen LogP contribution in [0.2, 0.25) is 0 Å². The molecule has 2 heteroatoms. The van der Waals surface area contributed by atoms with Gasteiger partial charge in [0.05, 0.1) is 12.9 Å². The second-order valence-corrected chi connectivity index (χ2v) is 2.32. The maximum Gasteiger partial charge on any atom is 0.107 e. The molecule has 1 N–H and O–H groups in total. The van der Waals surface area contributed by atoms with E-state index in [0.717, 1.165) is 12.2 Å². The fourth-order valence-corrected chi connectivity index (χ4v) is 0.831. The van der Waals surface area contributed by atoms with Crippen LogP contribution in [0.25, 0.3) is 0 Å². The van der Waals surface area contributed by atoms with Crippen LogP contribution in [0.5, 0.6) is 0 Å². The van der Waals surface area contributed by atoms with Gasteiger partial charge in [0.1, 0.15) is 5.76 Å². The minimum absolute atomic E-state index is 0.0884. The van der Waals surface area contributed by atoms with Crippen molar-refractivity contribution >= 4 is 0 Å². The van der Waals surface area contributed by atoms with Crippen molar-refractivity contribution in [2.75, 3.05) is 6.61 Å². The number of hydrogen-bond donors (Lipinski definition) is 1. The van der Waals surface area contributed by atoms with Gasteiger partial charge in [0, 0.05) is 6.42 Å². The number of allylic oxidation sites excluding steroid dienone is 3. The van der Waals surface area contributed by atoms with Crippen molar-refractivity contribution in [3.63, 3.8) is 0 Å². The Balaban J connectivity index is 2.26. The molecule has 0 atom stereocenters. The molecule has 1 heterocycles. The maximum absolute atomic E-state index is 8.41. The van der Waals surface area contributed by atoms with Crippen molar-refractivity contribution in [1.82, 2.24) is 0 Å². The molecule has 1 aromatic rings. The summed E-state index contributed by atoms with van der Waals surface area (Å²) in [7, 11) is 0. The van der Waals surface area contributed by atoms with E-state index < -0.39 is 0 Å². The van der Waals surface area contributed by atoms with Crippen LogP contribution < -0.4 is 0 Å². The Hall–Kier alpha value is -1.28. The van der Waals surface area contributed by atoms with Gasteiger partial charge < -0.3 is 9.52 Å². The summed E-state index contributed by atoms with van der Waals surface area (Å²) in [6.45, 7) is 0.0884. The van der Waals surface area contributed by atoms with Crippen molar-refractivity contribution in [3.05, 3.63) is 48.5 Å². The van der Waals surface area contributed by atoms with Crippen molar-refractivity contribution < 1.29 is 9.52 Å². The second-order valence-electron chi connectivity index (χ2n) is 2.32. The molecule has 0 saturated carbocycles. The average Bonchev–Trinajstić information content (AvgIpc) is 2.57. The molecule has 0 aliphatic rings. The van der Waals surface area contributed by atoms with Crippen LogP contribution in [0.3, 0.4) is 0 Å². The highest BCUT2D eigenvalue weighted by Crippen LogP contribution is 2.00. The Morgan fingerprint density at radius 1 is 1.33 bits per heavy atom. The minimum Gasteiger partial charge on any atom is -0.469 e. The molecule has 0 unspecified atom stereocenters. The number of aliphatic hydroxyl groups excluding tert-OH is 1. The number of rotatable bonds is 4. The van der Waals surface area contributed by atoms with E-state index in [-0.39, 0.29) is 6.61 Å². The van der Waals surface area contributed by atoms with E-state index in [1.54, 1.807) is 12.3 Å². The van der Waals surface area contributed by atoms with Crippen molar-refractivity contribution in [1.29, 1.82) is 0 Å². The standard InChI is InChI=1S/C10H12O2/c11-8-4-2-1-3-6-10-7-5-9-12-10/h1-5,7,9,11H,6,8H2/b3-1+,4-2+. The first-order valence-electron chi connectivity index (χ1n) is 3.88. The average molecular weight is 164 g/mol. The summed E-state index contributed by atoms with van der Waals surface area (Å²) in [5.41, 5.74) is 0. The summed E-state index contributed by atoms with van der Waals surface area (Å²) in [4.78, 5) is 0. The van der Waals surface area contributed by atoms with Gasteiger partial charge >= 0.3 is 0 Å². The van der Waals surface area contributed by atoms with Crippen LogP contribution in [0.1, 0.15) is 5.76 Å². The third-order valence-corrected chi connectivity index (χ3v) is 1.39. The predicted molar refractivity (Wildman–Crippen MR) is 47.8 cm³/mol. The molecule has 0 aliphatic heterocycles. The van der Waals surface area contributed by atoms with Gasteiger partial charge in [-0.3, -0.25) is 0 Å². The maximum atomic E-state index is 8.41. The molecule has 0 amide bonds. The Morgan fingerprint density at radius 2 is 2.17 bits per heavy atom. The van der Waals surface area contributed by atoms with E-state index in [2.05, 4.69) is 0 Å². The Kier molecular flexibility index (Phi) is 3.95. The van der Waals surface area contributed by atoms with Crippen molar-refractivity contribution in [2.24, 2.45) is 0 Å². The minimum atomic E-state index is 0.0884. The van der Waals surface area contributed by atoms with Gasteiger partial charge in [-0.2, -0.15) is 0 Å². The molecular formula is C10H12O2. The van der Waals surface area contributed by atoms with Crippen LogP contribution >= 0.6 is 0 Å². The highest BCUT2D eigenvalue weighted by atomic mass is 16.3. The lowest BCUT2D eigenvalue weighted by atomic mass is 10.3. The molecule has 0 bridgehead atoms. The summed E-state index contributed by atoms with van der Waals surface area (Å²) in [5, 5.41) is 8.41. The van der Waals surface area contributed by atoms with Gasteiger partial charge in [0.25, 0.3) is 0 Å². The van der Waals surface area contributed by atoms with E-state index in [4.69, 9.17) is 9.52 Å². The molecule has 0 radical (unpaired) electrons. The van der Waals surface area contributed by atoms with Crippen LogP contribution in [0, 0.1) is 0 Å². The first-order chi connectivity index (χ1) is 5.93. The van der Waals surface area contributed by atoms with Gasteiger partial charge in [-0.25, -0.2) is 0 Å². The zero-order chi connectivity index (χ0) is 8.65. The lowest BCUT2D eigenvalue weighted by Gasteiger charge is -1.84. The molecule has 64 valence electrons. The molecular weight excluding hydrogens is 152 g/mol. The van der Waals surface area contributed by atoms with Gasteiger partial charge in [-0.15, -0.1) is 0 Å². The first kappa shape index (κ1) is 8.81. The van der Waals surface area contributed by atoms with Crippen molar-refractivity contribution in [2.45, 2.75) is 6.42 Å². The highest BCUT2D eigenvalue weighted by molar-refractivity contribution is 5.08. The number of furan rings is 1. The molecule has 12 heavy (non-hydrogen) atoms. The van der Waals surface area contributed by atoms with Gasteiger partial charge in [0.15, 0.2) is 0 Å². The first-order valence-corrected chi connectivity index (χ1v) is 3.88. The fourth-order valence-electron chi connectivity index (χ4n) is 0.831. The molecule has 0 spiro atoms. The zero-order valence-corrected chi connectivity index (χ0v) is 6.81. The number of aliphatic hydroxyl groups is 1. The normalized spacial score (nSPS) is 11.8. The van der Waals surface area contributed by atoms with Gasteiger partial charge in [-0.1, -0.05) is 24.3 Å². The zero-order valence-electron chi connectivity index (χ0n) is 6.81. The fraction of sp³-hybridized carbons (Fsp3) is 0.200. The SMILES string of the molecule is OC/C=C/C=C/Cc1ccco1. The lowest BCUT2D eigenvalue weighted by molar-refractivity contribution is 0.343. The summed E-state index contributed by atoms with van der Waals surface area (Å²) < 4.78 is 5.12. The molecule has 0 fully saturated rings. The molecule has 1 aromatic heterocycles. The summed E-state index contributed by atoms with van der Waals surface area (Å²) in [6.07, 6.45) is 9.81. The smallest absolute Gasteiger partial charge is 0.107 e. The van der Waals surface area contributed by atoms with E-state index in [1.165, 1.54) is 0 Å². The van der Waals surface area contributed by atoms with Gasteiger partial charge in [0.2, 0.25) is 0 Å². The third kappa shape index (κ3) is 3.21. The van der Waals surface area contributed by atoms with Crippen LogP contribution in [0.15, 0.2) is 47.1 Å². The second kappa shape index (κ2) is 5.38. The molecule has 0 saturated heterocycles. The lowest BCUT2D eigenvalue weighted by Crippen LogP contribution is -1.73. The van der Waals surface area contributed by atoms with Crippen LogP contribution in [-0.4, -0.2) is 11.7 Å². The van der Waals surface area contributed by atoms with E-state index in [1.807, 2.05) is 30.4 Å². The highest BCUT2D eigenvalue weighted by Gasteiger charge is 1.87. The Morgan fingerprint density at radius 3 is 2.83 bits per heavy atom. The quantitative estimate of drug-likeness (QED) is 0.690. The Labute approximate surface area is 71.8 Å². The molecule has 1 rings (SSSR count). The monoisotopic (exact) mass is 164 g/mol. The Bertz CT molecular complexity index is 245. The van der Waals surface area contributed by atoms with Crippen LogP contribution in [0.4, 0.5) is 0 Å². The molecule has 2 nitrogen and oxygen atoms in total. The molecule has 0 aromatic carbocycles. The topological polar surface area (TPSA) is 33.4 Å². The largest absolute Gasteiger partial charge is 0.469 e. The van der Waals surface area contributed by atoms with Crippen LogP contribution in [-0.2, 0) is 6.42 Å². The summed E-state index contributed by atoms with van der Waals surface area (Å²) in [6, 6.07) is 3.80. The molecule has 0 aliphatic carbocycles. The van der Waals surface area contributed by atoms with Crippen molar-refractivity contribution in [3.8, 4) is 0 Å². The number of hydrogen-bond acceptors (Lipinski definition) is 2. The van der Waals surface area contributed by atoms with E-state index in [0.29, 0.717) is 0 Å². The third-order valence-electron chi connectivity index (χ3n) is 1.39.